The Morgan fingerprint density at radius 2 is 2.24 bits per heavy atom. The second kappa shape index (κ2) is 5.97. The fourth-order valence-corrected chi connectivity index (χ4v) is 2.87. The summed E-state index contributed by atoms with van der Waals surface area (Å²) in [4.78, 5) is 0.928. The van der Waals surface area contributed by atoms with Crippen molar-refractivity contribution in [2.45, 2.75) is 29.8 Å². The van der Waals surface area contributed by atoms with Gasteiger partial charge in [0, 0.05) is 21.7 Å². The van der Waals surface area contributed by atoms with E-state index in [1.807, 2.05) is 6.07 Å². The number of benzene rings is 1. The summed E-state index contributed by atoms with van der Waals surface area (Å²) in [7, 11) is 0. The van der Waals surface area contributed by atoms with Crippen LogP contribution in [0, 0.1) is 11.3 Å². The maximum absolute atomic E-state index is 9.02. The third-order valence-corrected chi connectivity index (χ3v) is 4.29. The first-order chi connectivity index (χ1) is 8.19. The number of nitrogens with zero attached hydrogens (tertiary/aromatic N) is 1. The Bertz CT molecular complexity index is 441. The van der Waals surface area contributed by atoms with E-state index in [4.69, 9.17) is 28.5 Å². The lowest BCUT2D eigenvalue weighted by Crippen LogP contribution is -2.31. The van der Waals surface area contributed by atoms with Crippen LogP contribution in [0.15, 0.2) is 23.1 Å². The topological polar surface area (TPSA) is 35.8 Å². The highest BCUT2D eigenvalue weighted by Gasteiger charge is 2.24. The zero-order valence-corrected chi connectivity index (χ0v) is 11.4. The summed E-state index contributed by atoms with van der Waals surface area (Å²) in [6, 6.07) is 8.06. The van der Waals surface area contributed by atoms with Crippen LogP contribution in [0.1, 0.15) is 12.8 Å². The van der Waals surface area contributed by atoms with Gasteiger partial charge in [0.2, 0.25) is 0 Å². The van der Waals surface area contributed by atoms with Crippen LogP contribution in [-0.2, 0) is 0 Å². The van der Waals surface area contributed by atoms with Gasteiger partial charge in [-0.25, -0.2) is 0 Å². The maximum Gasteiger partial charge on any atom is 0.105 e. The van der Waals surface area contributed by atoms with Crippen molar-refractivity contribution < 1.29 is 0 Å². The van der Waals surface area contributed by atoms with E-state index in [0.717, 1.165) is 4.90 Å². The highest BCUT2D eigenvalue weighted by molar-refractivity contribution is 7.99. The van der Waals surface area contributed by atoms with Crippen LogP contribution in [0.2, 0.25) is 10.0 Å². The first-order valence-electron chi connectivity index (χ1n) is 5.42. The van der Waals surface area contributed by atoms with Gasteiger partial charge in [-0.15, -0.1) is 11.8 Å². The Morgan fingerprint density at radius 3 is 2.88 bits per heavy atom. The van der Waals surface area contributed by atoms with Gasteiger partial charge < -0.3 is 0 Å². The van der Waals surface area contributed by atoms with Crippen molar-refractivity contribution in [3.05, 3.63) is 28.2 Å². The molecule has 0 aliphatic heterocycles. The van der Waals surface area contributed by atoms with E-state index in [1.54, 1.807) is 23.9 Å². The lowest BCUT2D eigenvalue weighted by molar-refractivity contribution is 0.644. The van der Waals surface area contributed by atoms with E-state index < -0.39 is 0 Å². The van der Waals surface area contributed by atoms with Gasteiger partial charge in [0.05, 0.1) is 11.1 Å². The van der Waals surface area contributed by atoms with Crippen LogP contribution in [0.25, 0.3) is 0 Å². The Kier molecular flexibility index (Phi) is 4.58. The third-order valence-electron chi connectivity index (χ3n) is 2.47. The highest BCUT2D eigenvalue weighted by atomic mass is 35.5. The van der Waals surface area contributed by atoms with Crippen LogP contribution in [0.3, 0.4) is 0 Å². The Morgan fingerprint density at radius 1 is 1.47 bits per heavy atom. The standard InChI is InChI=1S/C12H12Cl2N2S/c13-8-1-4-11(14)12(5-8)17-7-10(6-15)16-9-2-3-9/h1,4-5,9-10,16H,2-3,7H2. The van der Waals surface area contributed by atoms with Crippen LogP contribution in [-0.4, -0.2) is 17.8 Å². The largest absolute Gasteiger partial charge is 0.298 e. The van der Waals surface area contributed by atoms with Crippen molar-refractivity contribution in [3.63, 3.8) is 0 Å². The number of rotatable bonds is 5. The van der Waals surface area contributed by atoms with Crippen LogP contribution in [0.5, 0.6) is 0 Å². The molecule has 1 aromatic rings. The minimum Gasteiger partial charge on any atom is -0.298 e. The molecule has 1 N–H and O–H groups in total. The predicted molar refractivity (Wildman–Crippen MR) is 72.7 cm³/mol. The van der Waals surface area contributed by atoms with Crippen LogP contribution in [0.4, 0.5) is 0 Å². The molecule has 5 heteroatoms. The molecular formula is C12H12Cl2N2S. The molecule has 1 saturated carbocycles. The molecule has 1 aliphatic carbocycles. The fourth-order valence-electron chi connectivity index (χ4n) is 1.42. The summed E-state index contributed by atoms with van der Waals surface area (Å²) in [5.74, 6) is 0.688. The number of nitrogens with one attached hydrogen (secondary N) is 1. The van der Waals surface area contributed by atoms with Crippen LogP contribution < -0.4 is 5.32 Å². The van der Waals surface area contributed by atoms with E-state index in [9.17, 15) is 0 Å². The van der Waals surface area contributed by atoms with Crippen molar-refractivity contribution in [2.24, 2.45) is 0 Å². The summed E-state index contributed by atoms with van der Waals surface area (Å²) in [5.41, 5.74) is 0. The first-order valence-corrected chi connectivity index (χ1v) is 7.16. The zero-order chi connectivity index (χ0) is 12.3. The van der Waals surface area contributed by atoms with Crippen molar-refractivity contribution in [1.29, 1.82) is 5.26 Å². The van der Waals surface area contributed by atoms with E-state index in [1.165, 1.54) is 12.8 Å². The molecule has 2 nitrogen and oxygen atoms in total. The predicted octanol–water partition coefficient (Wildman–Crippen LogP) is 3.73. The molecule has 0 aromatic heterocycles. The summed E-state index contributed by atoms with van der Waals surface area (Å²) in [5, 5.41) is 13.7. The Balaban J connectivity index is 1.91. The molecule has 1 fully saturated rings. The molecule has 1 unspecified atom stereocenters. The number of hydrogen-bond acceptors (Lipinski definition) is 3. The Labute approximate surface area is 115 Å². The summed E-state index contributed by atoms with van der Waals surface area (Å²) >= 11 is 13.5. The number of halogens is 2. The third kappa shape index (κ3) is 4.08. The van der Waals surface area contributed by atoms with Gasteiger partial charge in [-0.2, -0.15) is 5.26 Å². The molecule has 17 heavy (non-hydrogen) atoms. The molecular weight excluding hydrogens is 275 g/mol. The maximum atomic E-state index is 9.02. The lowest BCUT2D eigenvalue weighted by Gasteiger charge is -2.11. The van der Waals surface area contributed by atoms with Gasteiger partial charge in [-0.3, -0.25) is 5.32 Å². The van der Waals surface area contributed by atoms with Crippen LogP contribution >= 0.6 is 35.0 Å². The number of thioether (sulfide) groups is 1. The second-order valence-corrected chi connectivity index (χ2v) is 5.91. The monoisotopic (exact) mass is 286 g/mol. The smallest absolute Gasteiger partial charge is 0.105 e. The molecule has 0 bridgehead atoms. The quantitative estimate of drug-likeness (QED) is 0.838. The lowest BCUT2D eigenvalue weighted by atomic mass is 10.3. The van der Waals surface area contributed by atoms with E-state index >= 15 is 0 Å². The molecule has 1 aromatic carbocycles. The fraction of sp³-hybridized carbons (Fsp3) is 0.417. The van der Waals surface area contributed by atoms with Crippen molar-refractivity contribution in [2.75, 3.05) is 5.75 Å². The molecule has 1 atom stereocenters. The van der Waals surface area contributed by atoms with Gasteiger partial charge in [0.25, 0.3) is 0 Å². The van der Waals surface area contributed by atoms with Gasteiger partial charge >= 0.3 is 0 Å². The second-order valence-electron chi connectivity index (χ2n) is 4.01. The highest BCUT2D eigenvalue weighted by Crippen LogP contribution is 2.30. The van der Waals surface area contributed by atoms with Gasteiger partial charge in [0.1, 0.15) is 6.04 Å². The van der Waals surface area contributed by atoms with E-state index in [-0.39, 0.29) is 6.04 Å². The molecule has 0 amide bonds. The minimum absolute atomic E-state index is 0.123. The molecule has 0 saturated heterocycles. The van der Waals surface area contributed by atoms with E-state index in [0.29, 0.717) is 21.8 Å². The minimum atomic E-state index is -0.123. The van der Waals surface area contributed by atoms with Crippen molar-refractivity contribution in [3.8, 4) is 6.07 Å². The van der Waals surface area contributed by atoms with Gasteiger partial charge in [-0.1, -0.05) is 23.2 Å². The summed E-state index contributed by atoms with van der Waals surface area (Å²) in [6.45, 7) is 0. The normalized spacial score (nSPS) is 16.5. The molecule has 0 spiro atoms. The average Bonchev–Trinajstić information content (AvgIpc) is 3.12. The van der Waals surface area contributed by atoms with Gasteiger partial charge in [0.15, 0.2) is 0 Å². The SMILES string of the molecule is N#CC(CSc1cc(Cl)ccc1Cl)NC1CC1. The van der Waals surface area contributed by atoms with Gasteiger partial charge in [-0.05, 0) is 31.0 Å². The summed E-state index contributed by atoms with van der Waals surface area (Å²) in [6.07, 6.45) is 2.36. The molecule has 0 radical (unpaired) electrons. The first kappa shape index (κ1) is 13.0. The Hall–Kier alpha value is -0.400. The molecule has 90 valence electrons. The molecule has 2 rings (SSSR count). The van der Waals surface area contributed by atoms with Crippen molar-refractivity contribution >= 4 is 35.0 Å². The summed E-state index contributed by atoms with van der Waals surface area (Å²) < 4.78 is 0. The average molecular weight is 287 g/mol. The molecule has 0 heterocycles. The van der Waals surface area contributed by atoms with E-state index in [2.05, 4.69) is 11.4 Å². The zero-order valence-electron chi connectivity index (χ0n) is 9.12. The number of hydrogen-bond donors (Lipinski definition) is 1. The number of nitriles is 1. The van der Waals surface area contributed by atoms with Crippen molar-refractivity contribution in [1.82, 2.24) is 5.32 Å². The molecule has 1 aliphatic rings.